The smallest absolute Gasteiger partial charge is 0.350 e. The fourth-order valence-corrected chi connectivity index (χ4v) is 3.82. The summed E-state index contributed by atoms with van der Waals surface area (Å²) in [5, 5.41) is 13.8. The maximum absolute atomic E-state index is 10.9. The molecule has 1 aliphatic heterocycles. The van der Waals surface area contributed by atoms with E-state index in [1.807, 2.05) is 0 Å². The zero-order valence-electron chi connectivity index (χ0n) is 14.8. The number of halogens is 1. The Kier molecular flexibility index (Phi) is 5.58. The van der Waals surface area contributed by atoms with E-state index in [-0.39, 0.29) is 18.3 Å². The standard InChI is InChI=1S/C15H21ClN5O6P/c16-15-19-12(18-8-2-1-3-8)11-13(20-15)21(6-17-11)14-10(22)4-9(27-14)5-26-7-28(23,24)25/h6,8-10,14,22H,1-5,7H2,(H,18,19,20)(H2,23,24,25)/t9-,10+,14?/m0/s1. The average Bonchev–Trinajstić information content (AvgIpc) is 3.12. The number of nitrogens with zero attached hydrogens (tertiary/aromatic N) is 4. The molecule has 11 nitrogen and oxygen atoms in total. The largest absolute Gasteiger partial charge is 0.388 e. The molecular formula is C15H21ClN5O6P. The summed E-state index contributed by atoms with van der Waals surface area (Å²) in [6, 6.07) is 0.336. The molecule has 0 amide bonds. The number of rotatable bonds is 7. The average molecular weight is 434 g/mol. The fraction of sp³-hybridized carbons (Fsp3) is 0.667. The lowest BCUT2D eigenvalue weighted by molar-refractivity contribution is -0.0567. The summed E-state index contributed by atoms with van der Waals surface area (Å²) >= 11 is 6.08. The van der Waals surface area contributed by atoms with Gasteiger partial charge in [0.1, 0.15) is 12.5 Å². The Morgan fingerprint density at radius 3 is 2.86 bits per heavy atom. The number of hydrogen-bond acceptors (Lipinski definition) is 8. The summed E-state index contributed by atoms with van der Waals surface area (Å²) in [6.07, 6.45) is 2.20. The molecule has 28 heavy (non-hydrogen) atoms. The van der Waals surface area contributed by atoms with E-state index in [1.54, 1.807) is 4.57 Å². The maximum atomic E-state index is 10.9. The molecule has 0 radical (unpaired) electrons. The van der Waals surface area contributed by atoms with E-state index < -0.39 is 32.4 Å². The number of nitrogens with one attached hydrogen (secondary N) is 1. The number of anilines is 1. The monoisotopic (exact) mass is 433 g/mol. The number of aliphatic hydroxyl groups is 1. The Hall–Kier alpha value is -1.33. The van der Waals surface area contributed by atoms with Crippen molar-refractivity contribution in [2.75, 3.05) is 18.3 Å². The van der Waals surface area contributed by atoms with Crippen LogP contribution in [0, 0.1) is 0 Å². The second kappa shape index (κ2) is 7.83. The van der Waals surface area contributed by atoms with Crippen molar-refractivity contribution in [2.45, 2.75) is 50.2 Å². The summed E-state index contributed by atoms with van der Waals surface area (Å²) in [6.45, 7) is -0.0461. The van der Waals surface area contributed by atoms with E-state index in [2.05, 4.69) is 20.3 Å². The molecule has 4 N–H and O–H groups in total. The first-order valence-corrected chi connectivity index (χ1v) is 11.1. The van der Waals surface area contributed by atoms with Crippen molar-refractivity contribution < 1.29 is 28.9 Å². The van der Waals surface area contributed by atoms with Crippen LogP contribution in [0.15, 0.2) is 6.33 Å². The molecule has 2 fully saturated rings. The van der Waals surface area contributed by atoms with Crippen molar-refractivity contribution in [3.05, 3.63) is 11.6 Å². The molecule has 0 aromatic carbocycles. The van der Waals surface area contributed by atoms with Gasteiger partial charge in [0.15, 0.2) is 23.2 Å². The number of imidazole rings is 1. The molecule has 0 bridgehead atoms. The van der Waals surface area contributed by atoms with Gasteiger partial charge in [-0.05, 0) is 30.9 Å². The molecule has 0 spiro atoms. The highest BCUT2D eigenvalue weighted by atomic mass is 35.5. The third-order valence-electron chi connectivity index (χ3n) is 4.84. The molecule has 1 aliphatic carbocycles. The third-order valence-corrected chi connectivity index (χ3v) is 5.53. The number of fused-ring (bicyclic) bond motifs is 1. The van der Waals surface area contributed by atoms with Gasteiger partial charge in [-0.2, -0.15) is 9.97 Å². The van der Waals surface area contributed by atoms with Crippen molar-refractivity contribution >= 4 is 36.2 Å². The lowest BCUT2D eigenvalue weighted by Gasteiger charge is -2.26. The highest BCUT2D eigenvalue weighted by Gasteiger charge is 2.37. The Morgan fingerprint density at radius 2 is 2.18 bits per heavy atom. The fourth-order valence-electron chi connectivity index (χ4n) is 3.31. The Morgan fingerprint density at radius 1 is 1.39 bits per heavy atom. The molecule has 3 atom stereocenters. The molecule has 3 heterocycles. The van der Waals surface area contributed by atoms with Crippen molar-refractivity contribution in [2.24, 2.45) is 0 Å². The quantitative estimate of drug-likeness (QED) is 0.370. The van der Waals surface area contributed by atoms with E-state index in [0.717, 1.165) is 12.8 Å². The normalized spacial score (nSPS) is 25.9. The Labute approximate surface area is 165 Å². The minimum Gasteiger partial charge on any atom is -0.388 e. The van der Waals surface area contributed by atoms with E-state index in [0.29, 0.717) is 23.0 Å². The van der Waals surface area contributed by atoms with Crippen molar-refractivity contribution in [1.82, 2.24) is 19.5 Å². The first kappa shape index (κ1) is 20.0. The SMILES string of the molecule is O=P(O)(O)COC[C@@H]1C[C@@H](O)C(n2cnc3c(NC4CCC4)nc(Cl)nc32)O1. The van der Waals surface area contributed by atoms with Gasteiger partial charge in [0, 0.05) is 12.5 Å². The van der Waals surface area contributed by atoms with Gasteiger partial charge in [0.25, 0.3) is 0 Å². The molecule has 4 rings (SSSR count). The second-order valence-corrected chi connectivity index (χ2v) is 8.98. The summed E-state index contributed by atoms with van der Waals surface area (Å²) in [5.41, 5.74) is 0.968. The predicted molar refractivity (Wildman–Crippen MR) is 99.0 cm³/mol. The minimum atomic E-state index is -4.25. The molecular weight excluding hydrogens is 413 g/mol. The van der Waals surface area contributed by atoms with Crippen LogP contribution in [0.3, 0.4) is 0 Å². The Bertz CT molecular complexity index is 902. The van der Waals surface area contributed by atoms with Crippen molar-refractivity contribution in [3.8, 4) is 0 Å². The van der Waals surface area contributed by atoms with Crippen molar-refractivity contribution in [3.63, 3.8) is 0 Å². The Balaban J connectivity index is 1.51. The molecule has 2 aromatic heterocycles. The van der Waals surface area contributed by atoms with Gasteiger partial charge in [-0.1, -0.05) is 0 Å². The van der Waals surface area contributed by atoms with Crippen LogP contribution >= 0.6 is 19.2 Å². The topological polar surface area (TPSA) is 152 Å². The maximum Gasteiger partial charge on any atom is 0.350 e. The third kappa shape index (κ3) is 4.30. The van der Waals surface area contributed by atoms with E-state index in [9.17, 15) is 9.67 Å². The zero-order valence-corrected chi connectivity index (χ0v) is 16.5. The van der Waals surface area contributed by atoms with Crippen LogP contribution in [0.2, 0.25) is 5.28 Å². The van der Waals surface area contributed by atoms with Crippen LogP contribution in [0.1, 0.15) is 31.9 Å². The van der Waals surface area contributed by atoms with Crippen LogP contribution < -0.4 is 5.32 Å². The van der Waals surface area contributed by atoms with Crippen LogP contribution in [0.25, 0.3) is 11.2 Å². The molecule has 1 saturated heterocycles. The van der Waals surface area contributed by atoms with Gasteiger partial charge < -0.3 is 29.7 Å². The van der Waals surface area contributed by atoms with E-state index >= 15 is 0 Å². The van der Waals surface area contributed by atoms with E-state index in [4.69, 9.17) is 30.9 Å². The number of aromatic nitrogens is 4. The van der Waals surface area contributed by atoms with Gasteiger partial charge in [-0.3, -0.25) is 9.13 Å². The van der Waals surface area contributed by atoms with E-state index in [1.165, 1.54) is 12.7 Å². The minimum absolute atomic E-state index is 0.0461. The lowest BCUT2D eigenvalue weighted by Crippen LogP contribution is -2.27. The number of hydrogen-bond donors (Lipinski definition) is 4. The molecule has 2 aromatic rings. The van der Waals surface area contributed by atoms with Gasteiger partial charge in [-0.25, -0.2) is 4.98 Å². The first-order chi connectivity index (χ1) is 13.3. The highest BCUT2D eigenvalue weighted by Crippen LogP contribution is 2.36. The molecule has 154 valence electrons. The summed E-state index contributed by atoms with van der Waals surface area (Å²) in [4.78, 5) is 30.5. The number of ether oxygens (including phenoxy) is 2. The zero-order chi connectivity index (χ0) is 19.9. The predicted octanol–water partition coefficient (Wildman–Crippen LogP) is 1.24. The van der Waals surface area contributed by atoms with Crippen LogP contribution in [0.5, 0.6) is 0 Å². The van der Waals surface area contributed by atoms with Gasteiger partial charge in [0.05, 0.1) is 19.0 Å². The second-order valence-electron chi connectivity index (χ2n) is 7.05. The highest BCUT2D eigenvalue weighted by molar-refractivity contribution is 7.51. The summed E-state index contributed by atoms with van der Waals surface area (Å²) < 4.78 is 23.3. The van der Waals surface area contributed by atoms with Crippen molar-refractivity contribution in [1.29, 1.82) is 0 Å². The molecule has 1 unspecified atom stereocenters. The van der Waals surface area contributed by atoms with Gasteiger partial charge >= 0.3 is 7.60 Å². The van der Waals surface area contributed by atoms with Gasteiger partial charge in [0.2, 0.25) is 5.28 Å². The summed E-state index contributed by atoms with van der Waals surface area (Å²) in [5.74, 6) is 0.549. The van der Waals surface area contributed by atoms with Gasteiger partial charge in [-0.15, -0.1) is 0 Å². The molecule has 1 saturated carbocycles. The van der Waals surface area contributed by atoms with Crippen LogP contribution in [-0.2, 0) is 14.0 Å². The number of aliphatic hydroxyl groups excluding tert-OH is 1. The van der Waals surface area contributed by atoms with Crippen LogP contribution in [0.4, 0.5) is 5.82 Å². The molecule has 13 heteroatoms. The molecule has 2 aliphatic rings. The first-order valence-electron chi connectivity index (χ1n) is 8.92. The summed E-state index contributed by atoms with van der Waals surface area (Å²) in [7, 11) is -4.25. The lowest BCUT2D eigenvalue weighted by atomic mass is 9.93. The van der Waals surface area contributed by atoms with Crippen LogP contribution in [-0.4, -0.2) is 65.6 Å².